The number of nitro groups is 1. The number of nitrogens with zero attached hydrogens (tertiary/aromatic N) is 1. The lowest BCUT2D eigenvalue weighted by atomic mass is 10.7. The van der Waals surface area contributed by atoms with Crippen LogP contribution in [0.15, 0.2) is 0 Å². The van der Waals surface area contributed by atoms with Gasteiger partial charge in [-0.05, 0) is 0 Å². The predicted octanol–water partition coefficient (Wildman–Crippen LogP) is 0.825. The van der Waals surface area contributed by atoms with Gasteiger partial charge in [0.2, 0.25) is 0 Å². The average Bonchev–Trinajstić information content (AvgIpc) is 1.21. The molecule has 0 fully saturated rings. The van der Waals surface area contributed by atoms with Gasteiger partial charge in [0.1, 0.15) is 0 Å². The van der Waals surface area contributed by atoms with Crippen LogP contribution in [-0.2, 0) is 0 Å². The highest BCUT2D eigenvalue weighted by molar-refractivity contribution is 4.42. The molecule has 0 radical (unpaired) electrons. The molecule has 0 rings (SSSR count). The van der Waals surface area contributed by atoms with E-state index in [1.807, 2.05) is 0 Å². The molecule has 8 heavy (non-hydrogen) atoms. The summed E-state index contributed by atoms with van der Waals surface area (Å²) >= 11 is 0. The highest BCUT2D eigenvalue weighted by Gasteiger charge is 2.34. The molecule has 48 valence electrons. The van der Waals surface area contributed by atoms with Gasteiger partial charge < -0.3 is 0 Å². The number of halogens is 3. The first-order valence-electron chi connectivity index (χ1n) is 1.60. The Hall–Kier alpha value is -0.810. The highest BCUT2D eigenvalue weighted by Crippen LogP contribution is 2.13. The molecule has 0 heterocycles. The summed E-state index contributed by atoms with van der Waals surface area (Å²) in [6.07, 6.45) is -4.68. The fraction of sp³-hybridized carbons (Fsp3) is 1.00. The third-order valence-electron chi connectivity index (χ3n) is 0.308. The molecule has 0 aliphatic carbocycles. The quantitative estimate of drug-likeness (QED) is 0.388. The maximum atomic E-state index is 10.9. The molecule has 0 aromatic carbocycles. The standard InChI is InChI=1S/C2H2F3NO2/c3-2(4,5)1-6(7)8/h1H2. The number of rotatable bonds is 1. The zero-order valence-electron chi connectivity index (χ0n) is 3.60. The van der Waals surface area contributed by atoms with E-state index in [1.165, 1.54) is 0 Å². The van der Waals surface area contributed by atoms with Crippen molar-refractivity contribution in [3.63, 3.8) is 0 Å². The summed E-state index contributed by atoms with van der Waals surface area (Å²) in [5.74, 6) is 0. The second kappa shape index (κ2) is 1.97. The summed E-state index contributed by atoms with van der Waals surface area (Å²) in [6.45, 7) is -1.95. The Balaban J connectivity index is 3.55. The molecule has 0 aliphatic heterocycles. The van der Waals surface area contributed by atoms with Crippen LogP contribution in [0.5, 0.6) is 0 Å². The van der Waals surface area contributed by atoms with Crippen molar-refractivity contribution in [1.29, 1.82) is 0 Å². The summed E-state index contributed by atoms with van der Waals surface area (Å²) in [7, 11) is 0. The molecule has 0 N–H and O–H groups in total. The Morgan fingerprint density at radius 1 is 1.50 bits per heavy atom. The van der Waals surface area contributed by atoms with E-state index < -0.39 is 17.6 Å². The molecule has 0 spiro atoms. The van der Waals surface area contributed by atoms with E-state index in [-0.39, 0.29) is 0 Å². The van der Waals surface area contributed by atoms with Crippen LogP contribution < -0.4 is 0 Å². The van der Waals surface area contributed by atoms with Crippen LogP contribution in [0.2, 0.25) is 0 Å². The SMILES string of the molecule is O=[N+]([O-])CC(F)(F)F. The van der Waals surface area contributed by atoms with Crippen LogP contribution in [0.3, 0.4) is 0 Å². The van der Waals surface area contributed by atoms with Gasteiger partial charge in [0.25, 0.3) is 6.54 Å². The van der Waals surface area contributed by atoms with Crippen LogP contribution in [0.1, 0.15) is 0 Å². The van der Waals surface area contributed by atoms with Crippen molar-refractivity contribution in [3.05, 3.63) is 10.1 Å². The van der Waals surface area contributed by atoms with Crippen molar-refractivity contribution < 1.29 is 18.1 Å². The summed E-state index contributed by atoms with van der Waals surface area (Å²) in [5, 5.41) is 9.10. The van der Waals surface area contributed by atoms with E-state index in [9.17, 15) is 13.2 Å². The molecular formula is C2H2F3NO2. The molecule has 0 aromatic heterocycles. The van der Waals surface area contributed by atoms with Crippen molar-refractivity contribution >= 4 is 0 Å². The van der Waals surface area contributed by atoms with E-state index in [0.29, 0.717) is 0 Å². The lowest BCUT2D eigenvalue weighted by Gasteiger charge is -1.96. The summed E-state index contributed by atoms with van der Waals surface area (Å²) in [4.78, 5) is 7.68. The van der Waals surface area contributed by atoms with E-state index in [4.69, 9.17) is 10.1 Å². The van der Waals surface area contributed by atoms with E-state index >= 15 is 0 Å². The van der Waals surface area contributed by atoms with Crippen LogP contribution in [0.4, 0.5) is 13.2 Å². The molecule has 0 bridgehead atoms. The maximum Gasteiger partial charge on any atom is 0.454 e. The van der Waals surface area contributed by atoms with Gasteiger partial charge >= 0.3 is 6.18 Å². The molecule has 6 heteroatoms. The zero-order chi connectivity index (χ0) is 6.78. The molecule has 0 aliphatic rings. The third-order valence-corrected chi connectivity index (χ3v) is 0.308. The molecule has 0 saturated carbocycles. The number of hydrogen-bond donors (Lipinski definition) is 0. The smallest absolute Gasteiger partial charge is 0.264 e. The van der Waals surface area contributed by atoms with Crippen molar-refractivity contribution in [2.45, 2.75) is 6.18 Å². The Labute approximate surface area is 42.3 Å². The zero-order valence-corrected chi connectivity index (χ0v) is 3.60. The summed E-state index contributed by atoms with van der Waals surface area (Å²) in [6, 6.07) is 0. The van der Waals surface area contributed by atoms with Gasteiger partial charge in [0.05, 0.1) is 0 Å². The number of hydrogen-bond acceptors (Lipinski definition) is 2. The van der Waals surface area contributed by atoms with Crippen LogP contribution in [-0.4, -0.2) is 17.6 Å². The Morgan fingerprint density at radius 3 is 1.88 bits per heavy atom. The molecular weight excluding hydrogens is 127 g/mol. The van der Waals surface area contributed by atoms with Crippen LogP contribution in [0, 0.1) is 10.1 Å². The van der Waals surface area contributed by atoms with Gasteiger partial charge in [-0.3, -0.25) is 10.1 Å². The highest BCUT2D eigenvalue weighted by atomic mass is 19.4. The first-order chi connectivity index (χ1) is 3.42. The minimum absolute atomic E-state index is 1.42. The fourth-order valence-corrected chi connectivity index (χ4v) is 0.146. The minimum Gasteiger partial charge on any atom is -0.264 e. The normalized spacial score (nSPS) is 11.4. The maximum absolute atomic E-state index is 10.9. The van der Waals surface area contributed by atoms with Crippen molar-refractivity contribution in [2.24, 2.45) is 0 Å². The second-order valence-electron chi connectivity index (χ2n) is 1.11. The van der Waals surface area contributed by atoms with E-state index in [1.54, 1.807) is 0 Å². The largest absolute Gasteiger partial charge is 0.454 e. The van der Waals surface area contributed by atoms with Gasteiger partial charge in [0, 0.05) is 4.92 Å². The fourth-order valence-electron chi connectivity index (χ4n) is 0.146. The lowest BCUT2D eigenvalue weighted by Crippen LogP contribution is -2.20. The monoisotopic (exact) mass is 129 g/mol. The van der Waals surface area contributed by atoms with E-state index in [2.05, 4.69) is 0 Å². The first-order valence-corrected chi connectivity index (χ1v) is 1.60. The first kappa shape index (κ1) is 7.19. The van der Waals surface area contributed by atoms with Crippen molar-refractivity contribution in [3.8, 4) is 0 Å². The topological polar surface area (TPSA) is 43.1 Å². The molecule has 0 saturated heterocycles. The Kier molecular flexibility index (Phi) is 1.77. The van der Waals surface area contributed by atoms with Crippen molar-refractivity contribution in [1.82, 2.24) is 0 Å². The average molecular weight is 129 g/mol. The molecule has 0 unspecified atom stereocenters. The van der Waals surface area contributed by atoms with E-state index in [0.717, 1.165) is 0 Å². The van der Waals surface area contributed by atoms with Gasteiger partial charge in [-0.1, -0.05) is 0 Å². The number of alkyl halides is 3. The summed E-state index contributed by atoms with van der Waals surface area (Å²) < 4.78 is 32.6. The molecule has 3 nitrogen and oxygen atoms in total. The van der Waals surface area contributed by atoms with Crippen LogP contribution in [0.25, 0.3) is 0 Å². The third kappa shape index (κ3) is 5.19. The Morgan fingerprint density at radius 2 is 1.88 bits per heavy atom. The van der Waals surface area contributed by atoms with Crippen LogP contribution >= 0.6 is 0 Å². The minimum atomic E-state index is -4.68. The molecule has 0 atom stereocenters. The van der Waals surface area contributed by atoms with Gasteiger partial charge in [0.15, 0.2) is 0 Å². The Bertz CT molecular complexity index is 97.9. The summed E-state index contributed by atoms with van der Waals surface area (Å²) in [5.41, 5.74) is 0. The van der Waals surface area contributed by atoms with Gasteiger partial charge in [-0.25, -0.2) is 0 Å². The molecule has 0 aromatic rings. The lowest BCUT2D eigenvalue weighted by molar-refractivity contribution is -0.516. The molecule has 0 amide bonds. The van der Waals surface area contributed by atoms with Gasteiger partial charge in [-0.2, -0.15) is 13.2 Å². The predicted molar refractivity (Wildman–Crippen MR) is 17.9 cm³/mol. The second-order valence-corrected chi connectivity index (χ2v) is 1.11. The van der Waals surface area contributed by atoms with Crippen molar-refractivity contribution in [2.75, 3.05) is 6.54 Å². The van der Waals surface area contributed by atoms with Gasteiger partial charge in [-0.15, -0.1) is 0 Å².